The van der Waals surface area contributed by atoms with Crippen molar-refractivity contribution in [2.45, 2.75) is 19.0 Å². The number of carboxylic acid groups (broad SMARTS) is 1. The van der Waals surface area contributed by atoms with E-state index in [0.717, 1.165) is 5.56 Å². The van der Waals surface area contributed by atoms with Gasteiger partial charge in [0.2, 0.25) is 0 Å². The SMILES string of the molecule is CNC(=O)c1cccc(Oc2ccc(C(=O)O)c(C(=O)Nc3ccc(C(c4ccc(C)cc4)C(F)(F)F)cc3)c2)c1. The monoisotopic (exact) mass is 562 g/mol. The Hall–Kier alpha value is -5.12. The number of aryl methyl sites for hydroxylation is 1. The van der Waals surface area contributed by atoms with Crippen LogP contribution in [-0.2, 0) is 0 Å². The van der Waals surface area contributed by atoms with Crippen LogP contribution in [0.4, 0.5) is 18.9 Å². The maximum Gasteiger partial charge on any atom is 0.399 e. The molecule has 4 aromatic carbocycles. The molecule has 1 unspecified atom stereocenters. The minimum absolute atomic E-state index is 0.0139. The van der Waals surface area contributed by atoms with Gasteiger partial charge in [-0.2, -0.15) is 13.2 Å². The average molecular weight is 563 g/mol. The smallest absolute Gasteiger partial charge is 0.399 e. The first-order valence-electron chi connectivity index (χ1n) is 12.4. The van der Waals surface area contributed by atoms with Gasteiger partial charge in [0.05, 0.1) is 11.1 Å². The number of rotatable bonds is 8. The third kappa shape index (κ3) is 6.91. The minimum Gasteiger partial charge on any atom is -0.478 e. The molecule has 0 spiro atoms. The summed E-state index contributed by atoms with van der Waals surface area (Å²) < 4.78 is 47.6. The van der Waals surface area contributed by atoms with Crippen LogP contribution in [0.5, 0.6) is 11.5 Å². The largest absolute Gasteiger partial charge is 0.478 e. The van der Waals surface area contributed by atoms with E-state index in [0.29, 0.717) is 5.56 Å². The first-order valence-corrected chi connectivity index (χ1v) is 12.4. The Morgan fingerprint density at radius 3 is 1.98 bits per heavy atom. The summed E-state index contributed by atoms with van der Waals surface area (Å²) in [7, 11) is 1.48. The minimum atomic E-state index is -4.54. The van der Waals surface area contributed by atoms with E-state index in [-0.39, 0.29) is 45.3 Å². The summed E-state index contributed by atoms with van der Waals surface area (Å²) in [6.07, 6.45) is -4.54. The number of carbonyl (C=O) groups excluding carboxylic acids is 2. The van der Waals surface area contributed by atoms with Crippen molar-refractivity contribution in [2.75, 3.05) is 12.4 Å². The van der Waals surface area contributed by atoms with E-state index in [2.05, 4.69) is 10.6 Å². The van der Waals surface area contributed by atoms with Crippen molar-refractivity contribution in [1.29, 1.82) is 0 Å². The second-order valence-electron chi connectivity index (χ2n) is 9.18. The zero-order valence-electron chi connectivity index (χ0n) is 22.0. The van der Waals surface area contributed by atoms with Crippen molar-refractivity contribution in [1.82, 2.24) is 5.32 Å². The fourth-order valence-electron chi connectivity index (χ4n) is 4.23. The van der Waals surface area contributed by atoms with Crippen LogP contribution in [0, 0.1) is 6.92 Å². The highest BCUT2D eigenvalue weighted by molar-refractivity contribution is 6.11. The molecule has 41 heavy (non-hydrogen) atoms. The van der Waals surface area contributed by atoms with Crippen LogP contribution in [0.3, 0.4) is 0 Å². The van der Waals surface area contributed by atoms with Crippen LogP contribution in [0.15, 0.2) is 91.0 Å². The highest BCUT2D eigenvalue weighted by Gasteiger charge is 2.41. The highest BCUT2D eigenvalue weighted by Crippen LogP contribution is 2.40. The fraction of sp³-hybridized carbons (Fsp3) is 0.129. The number of aromatic carboxylic acids is 1. The molecule has 0 aliphatic rings. The molecule has 0 fully saturated rings. The third-order valence-electron chi connectivity index (χ3n) is 6.26. The molecule has 0 aromatic heterocycles. The molecule has 0 aliphatic carbocycles. The molecule has 2 amide bonds. The first-order chi connectivity index (χ1) is 19.5. The summed E-state index contributed by atoms with van der Waals surface area (Å²) in [6.45, 7) is 1.78. The quantitative estimate of drug-likeness (QED) is 0.219. The van der Waals surface area contributed by atoms with Crippen molar-refractivity contribution in [3.63, 3.8) is 0 Å². The molecule has 210 valence electrons. The summed E-state index contributed by atoms with van der Waals surface area (Å²) in [5.41, 5.74) is 0.883. The van der Waals surface area contributed by atoms with Gasteiger partial charge in [0, 0.05) is 18.3 Å². The van der Waals surface area contributed by atoms with Crippen molar-refractivity contribution in [3.05, 3.63) is 124 Å². The molecule has 10 heteroatoms. The summed E-state index contributed by atoms with van der Waals surface area (Å²) in [4.78, 5) is 36.8. The van der Waals surface area contributed by atoms with Gasteiger partial charge in [-0.15, -0.1) is 0 Å². The fourth-order valence-corrected chi connectivity index (χ4v) is 4.23. The molecule has 0 saturated heterocycles. The Kier molecular flexibility index (Phi) is 8.42. The number of alkyl halides is 3. The number of halogens is 3. The number of carbonyl (C=O) groups is 3. The summed E-state index contributed by atoms with van der Waals surface area (Å²) in [5.74, 6) is -3.93. The molecular formula is C31H25F3N2O5. The van der Waals surface area contributed by atoms with Gasteiger partial charge in [0.25, 0.3) is 11.8 Å². The van der Waals surface area contributed by atoms with Crippen LogP contribution in [-0.4, -0.2) is 36.1 Å². The Bertz CT molecular complexity index is 1580. The number of amides is 2. The molecule has 1 atom stereocenters. The number of hydrogen-bond acceptors (Lipinski definition) is 4. The van der Waals surface area contributed by atoms with E-state index in [1.54, 1.807) is 37.3 Å². The third-order valence-corrected chi connectivity index (χ3v) is 6.26. The highest BCUT2D eigenvalue weighted by atomic mass is 19.4. The Labute approximate surface area is 233 Å². The molecule has 0 aliphatic heterocycles. The zero-order valence-corrected chi connectivity index (χ0v) is 22.0. The molecule has 0 saturated carbocycles. The normalized spacial score (nSPS) is 11.8. The van der Waals surface area contributed by atoms with E-state index in [4.69, 9.17) is 4.74 Å². The summed E-state index contributed by atoms with van der Waals surface area (Å²) in [6, 6.07) is 21.3. The van der Waals surface area contributed by atoms with Crippen LogP contribution >= 0.6 is 0 Å². The van der Waals surface area contributed by atoms with Crippen molar-refractivity contribution < 1.29 is 37.4 Å². The Morgan fingerprint density at radius 1 is 0.780 bits per heavy atom. The second-order valence-corrected chi connectivity index (χ2v) is 9.18. The standard InChI is InChI=1S/C31H25F3N2O5/c1-18-6-8-19(9-7-18)27(31(32,33)34)20-10-12-22(13-11-20)36-29(38)26-17-24(14-15-25(26)30(39)40)41-23-5-3-4-21(16-23)28(37)35-2/h3-17,27H,1-2H3,(H,35,37)(H,36,38)(H,39,40). The van der Waals surface area contributed by atoms with E-state index in [9.17, 15) is 32.7 Å². The zero-order chi connectivity index (χ0) is 29.7. The average Bonchev–Trinajstić information content (AvgIpc) is 2.94. The van der Waals surface area contributed by atoms with Gasteiger partial charge in [-0.1, -0.05) is 48.0 Å². The van der Waals surface area contributed by atoms with Gasteiger partial charge in [-0.05, 0) is 66.6 Å². The Morgan fingerprint density at radius 2 is 1.39 bits per heavy atom. The number of nitrogens with one attached hydrogen (secondary N) is 2. The maximum absolute atomic E-state index is 14.0. The van der Waals surface area contributed by atoms with E-state index < -0.39 is 24.0 Å². The maximum atomic E-state index is 14.0. The summed E-state index contributed by atoms with van der Waals surface area (Å²) >= 11 is 0. The Balaban J connectivity index is 1.57. The molecule has 4 rings (SSSR count). The van der Waals surface area contributed by atoms with Crippen LogP contribution in [0.1, 0.15) is 53.7 Å². The predicted octanol–water partition coefficient (Wildman–Crippen LogP) is 6.79. The van der Waals surface area contributed by atoms with E-state index in [1.165, 1.54) is 67.7 Å². The lowest BCUT2D eigenvalue weighted by molar-refractivity contribution is -0.141. The molecule has 4 aromatic rings. The second kappa shape index (κ2) is 12.0. The van der Waals surface area contributed by atoms with Gasteiger partial charge in [0.1, 0.15) is 17.4 Å². The number of benzene rings is 4. The molecule has 3 N–H and O–H groups in total. The number of anilines is 1. The number of hydrogen-bond donors (Lipinski definition) is 3. The topological polar surface area (TPSA) is 105 Å². The first kappa shape index (κ1) is 28.9. The van der Waals surface area contributed by atoms with Crippen LogP contribution < -0.4 is 15.4 Å². The molecule has 7 nitrogen and oxygen atoms in total. The molecule has 0 heterocycles. The van der Waals surface area contributed by atoms with Crippen LogP contribution in [0.25, 0.3) is 0 Å². The van der Waals surface area contributed by atoms with Gasteiger partial charge < -0.3 is 20.5 Å². The van der Waals surface area contributed by atoms with Gasteiger partial charge in [-0.25, -0.2) is 4.79 Å². The molecular weight excluding hydrogens is 537 g/mol. The van der Waals surface area contributed by atoms with Gasteiger partial charge in [0.15, 0.2) is 0 Å². The molecule has 0 radical (unpaired) electrons. The van der Waals surface area contributed by atoms with Crippen LogP contribution in [0.2, 0.25) is 0 Å². The number of ether oxygens (including phenoxy) is 1. The lowest BCUT2D eigenvalue weighted by Crippen LogP contribution is -2.22. The van der Waals surface area contributed by atoms with Gasteiger partial charge in [-0.3, -0.25) is 9.59 Å². The van der Waals surface area contributed by atoms with E-state index >= 15 is 0 Å². The lowest BCUT2D eigenvalue weighted by Gasteiger charge is -2.22. The lowest BCUT2D eigenvalue weighted by atomic mass is 9.90. The number of carboxylic acids is 1. The molecule has 0 bridgehead atoms. The summed E-state index contributed by atoms with van der Waals surface area (Å²) in [5, 5.41) is 14.6. The van der Waals surface area contributed by atoms with Crippen molar-refractivity contribution >= 4 is 23.5 Å². The predicted molar refractivity (Wildman–Crippen MR) is 147 cm³/mol. The van der Waals surface area contributed by atoms with Crippen molar-refractivity contribution in [3.8, 4) is 11.5 Å². The van der Waals surface area contributed by atoms with Crippen molar-refractivity contribution in [2.24, 2.45) is 0 Å². The van der Waals surface area contributed by atoms with Gasteiger partial charge >= 0.3 is 12.1 Å². The van der Waals surface area contributed by atoms with E-state index in [1.807, 2.05) is 0 Å².